The fraction of sp³-hybridized carbons (Fsp3) is 0.0833. The Morgan fingerprint density at radius 1 is 1.33 bits per heavy atom. The molecule has 0 unspecified atom stereocenters. The highest BCUT2D eigenvalue weighted by atomic mass is 32.1. The van der Waals surface area contributed by atoms with Crippen LogP contribution in [0.1, 0.15) is 10.5 Å². The molecule has 1 amide bonds. The molecule has 0 aliphatic carbocycles. The molecule has 0 fully saturated rings. The average Bonchev–Trinajstić information content (AvgIpc) is 3.03. The van der Waals surface area contributed by atoms with E-state index in [1.807, 2.05) is 24.3 Å². The van der Waals surface area contributed by atoms with E-state index in [4.69, 9.17) is 5.11 Å². The molecule has 0 radical (unpaired) electrons. The maximum Gasteiger partial charge on any atom is 0.325 e. The Kier molecular flexibility index (Phi) is 3.32. The number of carboxylic acid groups (broad SMARTS) is 1. The van der Waals surface area contributed by atoms with Crippen LogP contribution in [0.25, 0.3) is 10.2 Å². The predicted molar refractivity (Wildman–Crippen MR) is 75.2 cm³/mol. The molecule has 2 heterocycles. The van der Waals surface area contributed by atoms with Crippen LogP contribution in [0.2, 0.25) is 0 Å². The van der Waals surface area contributed by atoms with Gasteiger partial charge >= 0.3 is 5.97 Å². The summed E-state index contributed by atoms with van der Waals surface area (Å²) < 4.78 is 2.04. The molecule has 3 rings (SSSR count). The van der Waals surface area contributed by atoms with Gasteiger partial charge in [0.25, 0.3) is 5.91 Å². The number of nitrogens with zero attached hydrogens (tertiary/aromatic N) is 4. The van der Waals surface area contributed by atoms with Gasteiger partial charge < -0.3 is 5.11 Å². The zero-order chi connectivity index (χ0) is 14.8. The second-order valence-corrected chi connectivity index (χ2v) is 5.17. The molecule has 2 aromatic heterocycles. The number of para-hydroxylation sites is 1. The van der Waals surface area contributed by atoms with Gasteiger partial charge in [0, 0.05) is 0 Å². The number of fused-ring (bicyclic) bond motifs is 1. The fourth-order valence-electron chi connectivity index (χ4n) is 1.71. The number of carboxylic acids is 1. The zero-order valence-corrected chi connectivity index (χ0v) is 11.4. The maximum absolute atomic E-state index is 12.0. The van der Waals surface area contributed by atoms with Crippen LogP contribution < -0.4 is 5.32 Å². The summed E-state index contributed by atoms with van der Waals surface area (Å²) in [6.45, 7) is -0.346. The Hall–Kier alpha value is -2.81. The molecular weight excluding hydrogens is 294 g/mol. The van der Waals surface area contributed by atoms with Crippen molar-refractivity contribution in [3.63, 3.8) is 0 Å². The van der Waals surface area contributed by atoms with Crippen molar-refractivity contribution in [2.24, 2.45) is 0 Å². The van der Waals surface area contributed by atoms with Gasteiger partial charge in [-0.2, -0.15) is 0 Å². The number of anilines is 1. The van der Waals surface area contributed by atoms with Crippen LogP contribution in [-0.2, 0) is 11.3 Å². The van der Waals surface area contributed by atoms with E-state index in [9.17, 15) is 9.59 Å². The molecule has 0 saturated heterocycles. The number of carbonyl (C=O) groups is 2. The summed E-state index contributed by atoms with van der Waals surface area (Å²) in [6, 6.07) is 7.52. The van der Waals surface area contributed by atoms with Gasteiger partial charge in [-0.1, -0.05) is 28.7 Å². The van der Waals surface area contributed by atoms with E-state index < -0.39 is 11.9 Å². The number of aromatic nitrogens is 4. The van der Waals surface area contributed by atoms with Crippen molar-refractivity contribution in [3.8, 4) is 0 Å². The molecular formula is C12H9N5O3S. The topological polar surface area (TPSA) is 110 Å². The van der Waals surface area contributed by atoms with Crippen molar-refractivity contribution in [1.29, 1.82) is 0 Å². The standard InChI is InChI=1S/C12H9N5O3S/c18-10(19)6-17-5-8(15-16-17)11(20)14-12-13-7-3-1-2-4-9(7)21-12/h1-5H,6H2,(H,18,19)(H,13,14,20). The molecule has 0 aliphatic rings. The SMILES string of the molecule is O=C(O)Cn1cc(C(=O)Nc2nc3ccccc3s2)nn1. The van der Waals surface area contributed by atoms with E-state index in [0.717, 1.165) is 14.9 Å². The first-order chi connectivity index (χ1) is 10.1. The number of carbonyl (C=O) groups excluding carboxylic acids is 1. The Balaban J connectivity index is 1.76. The smallest absolute Gasteiger partial charge is 0.325 e. The first-order valence-corrected chi connectivity index (χ1v) is 6.72. The number of thiazole rings is 1. The lowest BCUT2D eigenvalue weighted by Crippen LogP contribution is -2.12. The third-order valence-electron chi connectivity index (χ3n) is 2.58. The third-order valence-corrected chi connectivity index (χ3v) is 3.53. The number of hydrogen-bond donors (Lipinski definition) is 2. The molecule has 3 aromatic rings. The van der Waals surface area contributed by atoms with Crippen LogP contribution in [0.5, 0.6) is 0 Å². The number of benzene rings is 1. The summed E-state index contributed by atoms with van der Waals surface area (Å²) in [5.74, 6) is -1.54. The van der Waals surface area contributed by atoms with Crippen LogP contribution in [0.15, 0.2) is 30.5 Å². The number of hydrogen-bond acceptors (Lipinski definition) is 6. The number of aliphatic carboxylic acids is 1. The second kappa shape index (κ2) is 5.29. The quantitative estimate of drug-likeness (QED) is 0.750. The van der Waals surface area contributed by atoms with Crippen molar-refractivity contribution >= 4 is 38.6 Å². The summed E-state index contributed by atoms with van der Waals surface area (Å²) in [6.07, 6.45) is 1.27. The summed E-state index contributed by atoms with van der Waals surface area (Å²) >= 11 is 1.35. The molecule has 0 spiro atoms. The highest BCUT2D eigenvalue weighted by molar-refractivity contribution is 7.22. The van der Waals surface area contributed by atoms with Crippen molar-refractivity contribution in [1.82, 2.24) is 20.0 Å². The second-order valence-electron chi connectivity index (χ2n) is 4.14. The van der Waals surface area contributed by atoms with E-state index in [0.29, 0.717) is 5.13 Å². The van der Waals surface area contributed by atoms with Crippen molar-refractivity contribution in [2.45, 2.75) is 6.54 Å². The van der Waals surface area contributed by atoms with Crippen LogP contribution in [0.4, 0.5) is 5.13 Å². The van der Waals surface area contributed by atoms with Crippen LogP contribution in [0.3, 0.4) is 0 Å². The molecule has 0 atom stereocenters. The lowest BCUT2D eigenvalue weighted by Gasteiger charge is -1.96. The van der Waals surface area contributed by atoms with Crippen LogP contribution >= 0.6 is 11.3 Å². The predicted octanol–water partition coefficient (Wildman–Crippen LogP) is 1.22. The van der Waals surface area contributed by atoms with Gasteiger partial charge in [0.2, 0.25) is 0 Å². The van der Waals surface area contributed by atoms with Gasteiger partial charge in [-0.15, -0.1) is 5.10 Å². The molecule has 9 heteroatoms. The van der Waals surface area contributed by atoms with Crippen molar-refractivity contribution < 1.29 is 14.7 Å². The Morgan fingerprint density at radius 2 is 2.14 bits per heavy atom. The Bertz CT molecular complexity index is 792. The fourth-order valence-corrected chi connectivity index (χ4v) is 2.57. The maximum atomic E-state index is 12.0. The van der Waals surface area contributed by atoms with E-state index in [-0.39, 0.29) is 12.2 Å². The van der Waals surface area contributed by atoms with Gasteiger partial charge in [0.05, 0.1) is 16.4 Å². The molecule has 8 nitrogen and oxygen atoms in total. The summed E-state index contributed by atoms with van der Waals surface area (Å²) in [7, 11) is 0. The molecule has 21 heavy (non-hydrogen) atoms. The van der Waals surface area contributed by atoms with Gasteiger partial charge in [0.1, 0.15) is 6.54 Å². The van der Waals surface area contributed by atoms with Gasteiger partial charge in [-0.3, -0.25) is 14.9 Å². The monoisotopic (exact) mass is 303 g/mol. The number of nitrogens with one attached hydrogen (secondary N) is 1. The van der Waals surface area contributed by atoms with Crippen molar-refractivity contribution in [3.05, 3.63) is 36.2 Å². The van der Waals surface area contributed by atoms with E-state index in [1.165, 1.54) is 17.5 Å². The van der Waals surface area contributed by atoms with Crippen molar-refractivity contribution in [2.75, 3.05) is 5.32 Å². The summed E-state index contributed by atoms with van der Waals surface area (Å²) in [5.41, 5.74) is 0.836. The number of rotatable bonds is 4. The lowest BCUT2D eigenvalue weighted by atomic mass is 10.3. The van der Waals surface area contributed by atoms with E-state index in [1.54, 1.807) is 0 Å². The van der Waals surface area contributed by atoms with E-state index >= 15 is 0 Å². The van der Waals surface area contributed by atoms with E-state index in [2.05, 4.69) is 20.6 Å². The summed E-state index contributed by atoms with van der Waals surface area (Å²) in [5, 5.41) is 18.9. The van der Waals surface area contributed by atoms with Gasteiger partial charge in [-0.05, 0) is 12.1 Å². The summed E-state index contributed by atoms with van der Waals surface area (Å²) in [4.78, 5) is 26.8. The highest BCUT2D eigenvalue weighted by Crippen LogP contribution is 2.25. The minimum atomic E-state index is -1.06. The average molecular weight is 303 g/mol. The number of amides is 1. The highest BCUT2D eigenvalue weighted by Gasteiger charge is 2.14. The minimum absolute atomic E-state index is 0.0375. The molecule has 1 aromatic carbocycles. The minimum Gasteiger partial charge on any atom is -0.480 e. The van der Waals surface area contributed by atoms with Crippen LogP contribution in [-0.4, -0.2) is 37.0 Å². The molecule has 0 aliphatic heterocycles. The first-order valence-electron chi connectivity index (χ1n) is 5.90. The first kappa shape index (κ1) is 13.2. The Morgan fingerprint density at radius 3 is 2.90 bits per heavy atom. The largest absolute Gasteiger partial charge is 0.480 e. The van der Waals surface area contributed by atoms with Gasteiger partial charge in [-0.25, -0.2) is 9.67 Å². The normalized spacial score (nSPS) is 10.7. The van der Waals surface area contributed by atoms with Gasteiger partial charge in [0.15, 0.2) is 10.8 Å². The molecule has 2 N–H and O–H groups in total. The Labute approximate surface area is 122 Å². The molecule has 0 saturated carbocycles. The molecule has 106 valence electrons. The lowest BCUT2D eigenvalue weighted by molar-refractivity contribution is -0.137. The van der Waals surface area contributed by atoms with Crippen LogP contribution in [0, 0.1) is 0 Å². The zero-order valence-electron chi connectivity index (χ0n) is 10.6. The molecule has 0 bridgehead atoms. The third kappa shape index (κ3) is 2.87.